The highest BCUT2D eigenvalue weighted by Gasteiger charge is 2.28. The number of nitro groups is 1. The van der Waals surface area contributed by atoms with Crippen LogP contribution in [0.2, 0.25) is 10.0 Å². The van der Waals surface area contributed by atoms with Gasteiger partial charge in [-0.1, -0.05) is 29.3 Å². The molecule has 9 nitrogen and oxygen atoms in total. The fraction of sp³-hybridized carbons (Fsp3) is 0.0909. The summed E-state index contributed by atoms with van der Waals surface area (Å²) < 4.78 is 41.6. The maximum atomic E-state index is 14.4. The number of nitrogens with one attached hydrogen (secondary N) is 1. The molecule has 0 spiro atoms. The maximum Gasteiger partial charge on any atom is 0.269 e. The predicted molar refractivity (Wildman–Crippen MR) is 129 cm³/mol. The zero-order valence-corrected chi connectivity index (χ0v) is 20.1. The van der Waals surface area contributed by atoms with Gasteiger partial charge >= 0.3 is 0 Å². The molecule has 13 heteroatoms. The largest absolute Gasteiger partial charge is 0.272 e. The molecule has 0 saturated heterocycles. The number of sulfonamides is 1. The van der Waals surface area contributed by atoms with E-state index in [2.05, 4.69) is 10.5 Å². The standard InChI is InChI=1S/C22H17Cl2FN4O5S/c23-16-6-10-18(11-7-16)35(33,34)28(13-19-20(24)2-1-3-21(19)25)14-22(30)27-26-12-15-4-8-17(9-5-15)29(31)32/h1-12H,13-14H2,(H,27,30)/b26-12-. The molecule has 0 aliphatic heterocycles. The molecule has 0 atom stereocenters. The Balaban J connectivity index is 1.81. The van der Waals surface area contributed by atoms with Crippen molar-refractivity contribution < 1.29 is 22.5 Å². The Morgan fingerprint density at radius 3 is 2.34 bits per heavy atom. The lowest BCUT2D eigenvalue weighted by Gasteiger charge is -2.22. The van der Waals surface area contributed by atoms with Crippen LogP contribution in [0.15, 0.2) is 76.7 Å². The van der Waals surface area contributed by atoms with E-state index in [1.807, 2.05) is 0 Å². The number of nitrogens with zero attached hydrogens (tertiary/aromatic N) is 3. The molecule has 0 bridgehead atoms. The number of non-ortho nitro benzene ring substituents is 1. The molecule has 35 heavy (non-hydrogen) atoms. The third-order valence-corrected chi connectivity index (χ3v) is 7.09. The Morgan fingerprint density at radius 1 is 1.09 bits per heavy atom. The summed E-state index contributed by atoms with van der Waals surface area (Å²) >= 11 is 11.9. The Hall–Kier alpha value is -3.38. The van der Waals surface area contributed by atoms with Crippen LogP contribution in [-0.4, -0.2) is 36.3 Å². The van der Waals surface area contributed by atoms with Crippen molar-refractivity contribution in [1.82, 2.24) is 9.73 Å². The highest BCUT2D eigenvalue weighted by atomic mass is 35.5. The van der Waals surface area contributed by atoms with Crippen LogP contribution in [0.3, 0.4) is 0 Å². The normalized spacial score (nSPS) is 11.7. The summed E-state index contributed by atoms with van der Waals surface area (Å²) in [6, 6.07) is 14.6. The van der Waals surface area contributed by atoms with E-state index in [4.69, 9.17) is 23.2 Å². The first-order chi connectivity index (χ1) is 16.6. The SMILES string of the molecule is O=C(CN(Cc1c(F)cccc1Cl)S(=O)(=O)c1ccc(Cl)cc1)N/N=C\c1ccc([N+](=O)[O-])cc1. The number of amides is 1. The lowest BCUT2D eigenvalue weighted by Crippen LogP contribution is -2.39. The number of nitro benzene ring substituents is 1. The number of carbonyl (C=O) groups is 1. The molecule has 3 aromatic carbocycles. The molecule has 0 saturated carbocycles. The molecule has 182 valence electrons. The van der Waals surface area contributed by atoms with E-state index < -0.39 is 39.8 Å². The van der Waals surface area contributed by atoms with Gasteiger partial charge in [0.05, 0.1) is 22.6 Å². The number of benzene rings is 3. The predicted octanol–water partition coefficient (Wildman–Crippen LogP) is 4.38. The number of halogens is 3. The van der Waals surface area contributed by atoms with Gasteiger partial charge in [0.2, 0.25) is 10.0 Å². The van der Waals surface area contributed by atoms with E-state index in [0.717, 1.165) is 10.4 Å². The van der Waals surface area contributed by atoms with E-state index in [1.165, 1.54) is 66.9 Å². The van der Waals surface area contributed by atoms with Gasteiger partial charge in [-0.05, 0) is 54.1 Å². The van der Waals surface area contributed by atoms with Crippen molar-refractivity contribution in [3.8, 4) is 0 Å². The zero-order valence-electron chi connectivity index (χ0n) is 17.8. The van der Waals surface area contributed by atoms with E-state index in [-0.39, 0.29) is 21.2 Å². The molecule has 0 aliphatic carbocycles. The summed E-state index contributed by atoms with van der Waals surface area (Å²) in [5.74, 6) is -1.54. The van der Waals surface area contributed by atoms with Gasteiger partial charge in [-0.2, -0.15) is 9.41 Å². The van der Waals surface area contributed by atoms with Crippen LogP contribution in [0.5, 0.6) is 0 Å². The van der Waals surface area contributed by atoms with Crippen LogP contribution in [0.1, 0.15) is 11.1 Å². The third kappa shape index (κ3) is 6.83. The van der Waals surface area contributed by atoms with E-state index in [1.54, 1.807) is 0 Å². The van der Waals surface area contributed by atoms with E-state index >= 15 is 0 Å². The first-order valence-electron chi connectivity index (χ1n) is 9.83. The highest BCUT2D eigenvalue weighted by molar-refractivity contribution is 7.89. The summed E-state index contributed by atoms with van der Waals surface area (Å²) in [4.78, 5) is 22.5. The molecule has 0 aromatic heterocycles. The van der Waals surface area contributed by atoms with Crippen molar-refractivity contribution >= 4 is 51.0 Å². The number of hydrogen-bond donors (Lipinski definition) is 1. The van der Waals surface area contributed by atoms with Crippen LogP contribution >= 0.6 is 23.2 Å². The van der Waals surface area contributed by atoms with Crippen molar-refractivity contribution in [3.63, 3.8) is 0 Å². The minimum absolute atomic E-state index is 0.00194. The monoisotopic (exact) mass is 538 g/mol. The van der Waals surface area contributed by atoms with Crippen molar-refractivity contribution in [2.45, 2.75) is 11.4 Å². The van der Waals surface area contributed by atoms with Crippen LogP contribution in [0, 0.1) is 15.9 Å². The first-order valence-corrected chi connectivity index (χ1v) is 12.0. The molecule has 0 fully saturated rings. The topological polar surface area (TPSA) is 122 Å². The van der Waals surface area contributed by atoms with E-state index in [0.29, 0.717) is 10.6 Å². The van der Waals surface area contributed by atoms with Crippen LogP contribution in [-0.2, 0) is 21.4 Å². The molecule has 1 N–H and O–H groups in total. The van der Waals surface area contributed by atoms with Gasteiger partial charge in [-0.3, -0.25) is 14.9 Å². The number of carbonyl (C=O) groups excluding carboxylic acids is 1. The summed E-state index contributed by atoms with van der Waals surface area (Å²) in [5.41, 5.74) is 2.43. The lowest BCUT2D eigenvalue weighted by atomic mass is 10.2. The highest BCUT2D eigenvalue weighted by Crippen LogP contribution is 2.25. The number of hydrogen-bond acceptors (Lipinski definition) is 6. The van der Waals surface area contributed by atoms with Crippen LogP contribution in [0.4, 0.5) is 10.1 Å². The van der Waals surface area contributed by atoms with Crippen molar-refractivity contribution in [2.75, 3.05) is 6.54 Å². The molecular formula is C22H17Cl2FN4O5S. The third-order valence-electron chi connectivity index (χ3n) is 4.67. The second-order valence-electron chi connectivity index (χ2n) is 7.07. The molecular weight excluding hydrogens is 522 g/mol. The van der Waals surface area contributed by atoms with Crippen LogP contribution in [0.25, 0.3) is 0 Å². The summed E-state index contributed by atoms with van der Waals surface area (Å²) in [6.07, 6.45) is 1.23. The Kier molecular flexibility index (Phi) is 8.52. The molecule has 3 rings (SSSR count). The van der Waals surface area contributed by atoms with Gasteiger partial charge < -0.3 is 0 Å². The van der Waals surface area contributed by atoms with Gasteiger partial charge in [0.1, 0.15) is 5.82 Å². The summed E-state index contributed by atoms with van der Waals surface area (Å²) in [6.45, 7) is -1.22. The van der Waals surface area contributed by atoms with Gasteiger partial charge in [-0.15, -0.1) is 0 Å². The van der Waals surface area contributed by atoms with Crippen molar-refractivity contribution in [1.29, 1.82) is 0 Å². The van der Waals surface area contributed by atoms with Gasteiger partial charge in [-0.25, -0.2) is 18.2 Å². The van der Waals surface area contributed by atoms with Gasteiger partial charge in [0.15, 0.2) is 0 Å². The zero-order chi connectivity index (χ0) is 25.6. The Bertz CT molecular complexity index is 1350. The number of rotatable bonds is 9. The van der Waals surface area contributed by atoms with Gasteiger partial charge in [0, 0.05) is 34.3 Å². The molecule has 0 radical (unpaired) electrons. The van der Waals surface area contributed by atoms with Crippen molar-refractivity contribution in [2.24, 2.45) is 5.10 Å². The average molecular weight is 539 g/mol. The molecule has 0 heterocycles. The molecule has 0 aliphatic rings. The molecule has 0 unspecified atom stereocenters. The minimum Gasteiger partial charge on any atom is -0.272 e. The molecule has 3 aromatic rings. The fourth-order valence-electron chi connectivity index (χ4n) is 2.90. The van der Waals surface area contributed by atoms with E-state index in [9.17, 15) is 27.7 Å². The second-order valence-corrected chi connectivity index (χ2v) is 9.85. The van der Waals surface area contributed by atoms with Gasteiger partial charge in [0.25, 0.3) is 11.6 Å². The summed E-state index contributed by atoms with van der Waals surface area (Å²) in [5, 5.41) is 14.8. The first kappa shape index (κ1) is 26.2. The van der Waals surface area contributed by atoms with Crippen molar-refractivity contribution in [3.05, 3.63) is 104 Å². The lowest BCUT2D eigenvalue weighted by molar-refractivity contribution is -0.384. The maximum absolute atomic E-state index is 14.4. The fourth-order valence-corrected chi connectivity index (χ4v) is 4.61. The number of hydrazone groups is 1. The summed E-state index contributed by atoms with van der Waals surface area (Å²) in [7, 11) is -4.26. The Morgan fingerprint density at radius 2 is 1.74 bits per heavy atom. The average Bonchev–Trinajstić information content (AvgIpc) is 2.81. The minimum atomic E-state index is -4.26. The second kappa shape index (κ2) is 11.4. The quantitative estimate of drug-likeness (QED) is 0.246. The molecule has 1 amide bonds. The van der Waals surface area contributed by atoms with Crippen LogP contribution < -0.4 is 5.43 Å². The smallest absolute Gasteiger partial charge is 0.269 e. The Labute approximate surface area is 210 Å².